The molecule has 1 saturated heterocycles. The number of nitrogens with zero attached hydrogens (tertiary/aromatic N) is 1. The molecule has 0 saturated carbocycles. The Morgan fingerprint density at radius 2 is 2.22 bits per heavy atom. The van der Waals surface area contributed by atoms with Gasteiger partial charge < -0.3 is 14.2 Å². The van der Waals surface area contributed by atoms with E-state index in [2.05, 4.69) is 4.98 Å². The Kier molecular flexibility index (Phi) is 3.72. The fourth-order valence-electron chi connectivity index (χ4n) is 1.49. The quantitative estimate of drug-likeness (QED) is 0.838. The maximum atomic E-state index is 12.3. The van der Waals surface area contributed by atoms with Crippen LogP contribution in [-0.4, -0.2) is 30.6 Å². The van der Waals surface area contributed by atoms with Crippen molar-refractivity contribution < 1.29 is 27.4 Å². The number of aromatic nitrogens is 1. The highest BCUT2D eigenvalue weighted by atomic mass is 19.4. The number of hydrogen-bond acceptors (Lipinski definition) is 4. The summed E-state index contributed by atoms with van der Waals surface area (Å²) in [6, 6.07) is 2.11. The third-order valence-electron chi connectivity index (χ3n) is 2.38. The lowest BCUT2D eigenvalue weighted by molar-refractivity contribution is -0.137. The number of ether oxygens (including phenoxy) is 3. The summed E-state index contributed by atoms with van der Waals surface area (Å²) in [6.45, 7) is 2.36. The predicted octanol–water partition coefficient (Wildman–Crippen LogP) is 2.24. The largest absolute Gasteiger partial charge is 0.475 e. The topological polar surface area (TPSA) is 40.6 Å². The summed E-state index contributed by atoms with van der Waals surface area (Å²) in [5.74, 6) is 0.131. The van der Waals surface area contributed by atoms with Crippen LogP contribution in [0.15, 0.2) is 18.3 Å². The van der Waals surface area contributed by atoms with Crippen molar-refractivity contribution in [1.82, 2.24) is 4.98 Å². The zero-order valence-corrected chi connectivity index (χ0v) is 9.61. The van der Waals surface area contributed by atoms with Crippen molar-refractivity contribution >= 4 is 0 Å². The molecule has 1 aromatic heterocycles. The van der Waals surface area contributed by atoms with Gasteiger partial charge in [-0.2, -0.15) is 13.2 Å². The molecule has 1 aliphatic heterocycles. The highest BCUT2D eigenvalue weighted by Crippen LogP contribution is 2.29. The second-order valence-electron chi connectivity index (χ2n) is 3.85. The molecule has 0 spiro atoms. The number of rotatable bonds is 3. The van der Waals surface area contributed by atoms with E-state index >= 15 is 0 Å². The van der Waals surface area contributed by atoms with Gasteiger partial charge in [0.1, 0.15) is 12.7 Å². The van der Waals surface area contributed by atoms with Crippen LogP contribution in [-0.2, 0) is 15.7 Å². The normalized spacial score (nSPS) is 24.2. The van der Waals surface area contributed by atoms with E-state index in [1.165, 1.54) is 6.07 Å². The summed E-state index contributed by atoms with van der Waals surface area (Å²) >= 11 is 0. The van der Waals surface area contributed by atoms with Gasteiger partial charge in [-0.3, -0.25) is 0 Å². The van der Waals surface area contributed by atoms with Crippen molar-refractivity contribution in [3.8, 4) is 5.88 Å². The molecule has 1 unspecified atom stereocenters. The maximum Gasteiger partial charge on any atom is 0.417 e. The summed E-state index contributed by atoms with van der Waals surface area (Å²) in [7, 11) is 0. The number of pyridine rings is 1. The minimum absolute atomic E-state index is 0.131. The lowest BCUT2D eigenvalue weighted by Crippen LogP contribution is -2.20. The van der Waals surface area contributed by atoms with E-state index in [9.17, 15) is 13.2 Å². The summed E-state index contributed by atoms with van der Waals surface area (Å²) in [5.41, 5.74) is -0.802. The molecule has 100 valence electrons. The summed E-state index contributed by atoms with van der Waals surface area (Å²) in [5, 5.41) is 0. The van der Waals surface area contributed by atoms with Gasteiger partial charge in [-0.05, 0) is 13.0 Å². The molecular weight excluding hydrogens is 251 g/mol. The van der Waals surface area contributed by atoms with Gasteiger partial charge in [0.2, 0.25) is 5.88 Å². The molecule has 4 nitrogen and oxygen atoms in total. The van der Waals surface area contributed by atoms with Gasteiger partial charge in [0.15, 0.2) is 6.29 Å². The highest BCUT2D eigenvalue weighted by molar-refractivity contribution is 5.20. The molecule has 0 aliphatic carbocycles. The molecule has 1 aliphatic rings. The van der Waals surface area contributed by atoms with Crippen LogP contribution in [0.2, 0.25) is 0 Å². The van der Waals surface area contributed by atoms with Gasteiger partial charge in [0.05, 0.1) is 12.2 Å². The van der Waals surface area contributed by atoms with Gasteiger partial charge in [0, 0.05) is 12.3 Å². The Morgan fingerprint density at radius 1 is 1.44 bits per heavy atom. The second kappa shape index (κ2) is 5.11. The highest BCUT2D eigenvalue weighted by Gasteiger charge is 2.30. The molecule has 0 radical (unpaired) electrons. The number of alkyl halides is 3. The van der Waals surface area contributed by atoms with E-state index in [-0.39, 0.29) is 24.9 Å². The first-order valence-corrected chi connectivity index (χ1v) is 5.38. The molecule has 2 atom stereocenters. The zero-order valence-electron chi connectivity index (χ0n) is 9.61. The number of halogens is 3. The minimum Gasteiger partial charge on any atom is -0.475 e. The van der Waals surface area contributed by atoms with Crippen molar-refractivity contribution in [2.75, 3.05) is 13.2 Å². The van der Waals surface area contributed by atoms with Crippen molar-refractivity contribution in [3.63, 3.8) is 0 Å². The minimum atomic E-state index is -4.39. The molecular formula is C11H12F3NO3. The first-order valence-electron chi connectivity index (χ1n) is 5.38. The SMILES string of the molecule is C[C@@H]1OCC(COc2ccc(C(F)(F)F)cn2)O1. The van der Waals surface area contributed by atoms with Crippen molar-refractivity contribution in [3.05, 3.63) is 23.9 Å². The third-order valence-corrected chi connectivity index (χ3v) is 2.38. The molecule has 1 aromatic rings. The fraction of sp³-hybridized carbons (Fsp3) is 0.545. The Labute approximate surface area is 102 Å². The standard InChI is InChI=1S/C11H12F3NO3/c1-7-16-5-9(18-7)6-17-10-3-2-8(4-15-10)11(12,13)14/h2-4,7,9H,5-6H2,1H3/t7-,9?/m1/s1. The van der Waals surface area contributed by atoms with Gasteiger partial charge in [-0.25, -0.2) is 4.98 Å². The zero-order chi connectivity index (χ0) is 13.2. The monoisotopic (exact) mass is 263 g/mol. The second-order valence-corrected chi connectivity index (χ2v) is 3.85. The predicted molar refractivity (Wildman–Crippen MR) is 55.0 cm³/mol. The van der Waals surface area contributed by atoms with E-state index in [0.717, 1.165) is 12.3 Å². The van der Waals surface area contributed by atoms with Gasteiger partial charge >= 0.3 is 6.18 Å². The maximum absolute atomic E-state index is 12.3. The molecule has 0 N–H and O–H groups in total. The summed E-state index contributed by atoms with van der Waals surface area (Å²) in [4.78, 5) is 3.59. The van der Waals surface area contributed by atoms with Crippen LogP contribution in [0.5, 0.6) is 5.88 Å². The average Bonchev–Trinajstić information content (AvgIpc) is 2.72. The first-order chi connectivity index (χ1) is 8.45. The van der Waals surface area contributed by atoms with Crippen LogP contribution in [0.4, 0.5) is 13.2 Å². The Hall–Kier alpha value is -1.34. The van der Waals surface area contributed by atoms with Gasteiger partial charge in [-0.15, -0.1) is 0 Å². The summed E-state index contributed by atoms with van der Waals surface area (Å²) < 4.78 is 52.5. The molecule has 0 aromatic carbocycles. The van der Waals surface area contributed by atoms with Crippen molar-refractivity contribution in [2.45, 2.75) is 25.5 Å². The molecule has 2 rings (SSSR count). The molecule has 0 bridgehead atoms. The lowest BCUT2D eigenvalue weighted by atomic mass is 10.3. The molecule has 2 heterocycles. The average molecular weight is 263 g/mol. The van der Waals surface area contributed by atoms with Gasteiger partial charge in [0.25, 0.3) is 0 Å². The molecule has 0 amide bonds. The van der Waals surface area contributed by atoms with Crippen LogP contribution >= 0.6 is 0 Å². The molecule has 7 heteroatoms. The van der Waals surface area contributed by atoms with Crippen molar-refractivity contribution in [2.24, 2.45) is 0 Å². The van der Waals surface area contributed by atoms with E-state index in [0.29, 0.717) is 6.61 Å². The first kappa shape index (κ1) is 13.1. The number of hydrogen-bond donors (Lipinski definition) is 0. The summed E-state index contributed by atoms with van der Waals surface area (Å²) in [6.07, 6.45) is -4.14. The molecule has 1 fully saturated rings. The van der Waals surface area contributed by atoms with Crippen LogP contribution in [0.1, 0.15) is 12.5 Å². The third kappa shape index (κ3) is 3.33. The van der Waals surface area contributed by atoms with E-state index in [1.54, 1.807) is 6.92 Å². The van der Waals surface area contributed by atoms with E-state index in [1.807, 2.05) is 0 Å². The van der Waals surface area contributed by atoms with Crippen LogP contribution < -0.4 is 4.74 Å². The van der Waals surface area contributed by atoms with Gasteiger partial charge in [-0.1, -0.05) is 0 Å². The molecule has 18 heavy (non-hydrogen) atoms. The Bertz CT molecular complexity index is 394. The lowest BCUT2D eigenvalue weighted by Gasteiger charge is -2.11. The van der Waals surface area contributed by atoms with Crippen LogP contribution in [0.25, 0.3) is 0 Å². The van der Waals surface area contributed by atoms with Crippen molar-refractivity contribution in [1.29, 1.82) is 0 Å². The smallest absolute Gasteiger partial charge is 0.417 e. The Morgan fingerprint density at radius 3 is 2.72 bits per heavy atom. The van der Waals surface area contributed by atoms with E-state index < -0.39 is 11.7 Å². The Balaban J connectivity index is 1.87. The van der Waals surface area contributed by atoms with Crippen LogP contribution in [0, 0.1) is 0 Å². The van der Waals surface area contributed by atoms with Crippen LogP contribution in [0.3, 0.4) is 0 Å². The fourth-order valence-corrected chi connectivity index (χ4v) is 1.49. The van der Waals surface area contributed by atoms with E-state index in [4.69, 9.17) is 14.2 Å².